The number of rotatable bonds is 4. The van der Waals surface area contributed by atoms with Gasteiger partial charge in [0, 0.05) is 12.4 Å². The van der Waals surface area contributed by atoms with Crippen molar-refractivity contribution >= 4 is 0 Å². The van der Waals surface area contributed by atoms with E-state index in [1.165, 1.54) is 12.1 Å². The topological polar surface area (TPSA) is 63.8 Å². The molecule has 0 saturated carbocycles. The van der Waals surface area contributed by atoms with E-state index in [0.717, 1.165) is 16.7 Å². The first-order chi connectivity index (χ1) is 9.10. The quantitative estimate of drug-likeness (QED) is 0.651. The summed E-state index contributed by atoms with van der Waals surface area (Å²) in [6.07, 6.45) is 4.03. The number of hydrogen-bond acceptors (Lipinski definition) is 4. The van der Waals surface area contributed by atoms with Crippen molar-refractivity contribution < 1.29 is 4.39 Å². The fourth-order valence-electron chi connectivity index (χ4n) is 1.89. The first-order valence-corrected chi connectivity index (χ1v) is 6.10. The molecule has 19 heavy (non-hydrogen) atoms. The molecule has 0 saturated heterocycles. The minimum Gasteiger partial charge on any atom is -0.271 e. The molecule has 0 fully saturated rings. The molecule has 1 aromatic carbocycles. The molecular formula is C14H17FN4. The number of nitrogens with two attached hydrogens (primary N) is 1. The third kappa shape index (κ3) is 3.33. The smallest absolute Gasteiger partial charge is 0.146 e. The maximum atomic E-state index is 13.3. The van der Waals surface area contributed by atoms with Gasteiger partial charge in [0.05, 0.1) is 6.04 Å². The Morgan fingerprint density at radius 3 is 2.58 bits per heavy atom. The lowest BCUT2D eigenvalue weighted by Gasteiger charge is -2.16. The van der Waals surface area contributed by atoms with Crippen LogP contribution in [0.3, 0.4) is 0 Å². The van der Waals surface area contributed by atoms with Crippen molar-refractivity contribution in [3.05, 3.63) is 58.9 Å². The number of hydrogen-bond donors (Lipinski definition) is 2. The van der Waals surface area contributed by atoms with Gasteiger partial charge in [0.25, 0.3) is 0 Å². The number of nitrogens with one attached hydrogen (secondary N) is 1. The molecule has 0 radical (unpaired) electrons. The highest BCUT2D eigenvalue weighted by molar-refractivity contribution is 5.28. The van der Waals surface area contributed by atoms with E-state index in [1.807, 2.05) is 13.8 Å². The van der Waals surface area contributed by atoms with Crippen molar-refractivity contribution in [3.63, 3.8) is 0 Å². The van der Waals surface area contributed by atoms with Gasteiger partial charge in [-0.1, -0.05) is 6.07 Å². The number of nitrogens with zero attached hydrogens (tertiary/aromatic N) is 2. The normalized spacial score (nSPS) is 12.4. The van der Waals surface area contributed by atoms with Crippen LogP contribution in [-0.4, -0.2) is 9.97 Å². The summed E-state index contributed by atoms with van der Waals surface area (Å²) in [5.74, 6) is 5.91. The van der Waals surface area contributed by atoms with E-state index in [2.05, 4.69) is 15.4 Å². The van der Waals surface area contributed by atoms with E-state index in [4.69, 9.17) is 5.84 Å². The molecule has 1 aromatic heterocycles. The Hall–Kier alpha value is -1.85. The first kappa shape index (κ1) is 13.6. The van der Waals surface area contributed by atoms with Gasteiger partial charge in [0.1, 0.15) is 11.6 Å². The van der Waals surface area contributed by atoms with Crippen LogP contribution < -0.4 is 11.3 Å². The monoisotopic (exact) mass is 260 g/mol. The summed E-state index contributed by atoms with van der Waals surface area (Å²) in [5, 5.41) is 0. The van der Waals surface area contributed by atoms with E-state index in [0.29, 0.717) is 12.2 Å². The third-order valence-electron chi connectivity index (χ3n) is 3.05. The predicted octanol–water partition coefficient (Wildman–Crippen LogP) is 1.98. The lowest BCUT2D eigenvalue weighted by atomic mass is 10.0. The molecule has 3 N–H and O–H groups in total. The number of aromatic nitrogens is 2. The van der Waals surface area contributed by atoms with Crippen molar-refractivity contribution in [1.82, 2.24) is 15.4 Å². The second kappa shape index (κ2) is 5.86. The van der Waals surface area contributed by atoms with Gasteiger partial charge in [0.2, 0.25) is 0 Å². The molecule has 1 heterocycles. The van der Waals surface area contributed by atoms with Crippen LogP contribution in [0, 0.1) is 19.7 Å². The predicted molar refractivity (Wildman–Crippen MR) is 71.7 cm³/mol. The van der Waals surface area contributed by atoms with Crippen molar-refractivity contribution in [3.8, 4) is 0 Å². The minimum atomic E-state index is -0.249. The van der Waals surface area contributed by atoms with Crippen LogP contribution in [0.4, 0.5) is 4.39 Å². The third-order valence-corrected chi connectivity index (χ3v) is 3.05. The Kier molecular flexibility index (Phi) is 4.19. The number of benzene rings is 1. The van der Waals surface area contributed by atoms with Crippen LogP contribution >= 0.6 is 0 Å². The van der Waals surface area contributed by atoms with Gasteiger partial charge in [-0.3, -0.25) is 5.84 Å². The van der Waals surface area contributed by atoms with Crippen molar-refractivity contribution in [2.75, 3.05) is 0 Å². The first-order valence-electron chi connectivity index (χ1n) is 6.10. The fourth-order valence-corrected chi connectivity index (χ4v) is 1.89. The van der Waals surface area contributed by atoms with Crippen molar-refractivity contribution in [2.24, 2.45) is 5.84 Å². The molecular weight excluding hydrogens is 243 g/mol. The van der Waals surface area contributed by atoms with Crippen LogP contribution in [0.25, 0.3) is 0 Å². The van der Waals surface area contributed by atoms with Crippen molar-refractivity contribution in [1.29, 1.82) is 0 Å². The zero-order valence-electron chi connectivity index (χ0n) is 11.0. The Bertz CT molecular complexity index is 554. The molecule has 0 spiro atoms. The maximum absolute atomic E-state index is 13.3. The summed E-state index contributed by atoms with van der Waals surface area (Å²) in [5.41, 5.74) is 5.59. The minimum absolute atomic E-state index is 0.235. The molecule has 0 aliphatic rings. The van der Waals surface area contributed by atoms with Gasteiger partial charge in [-0.2, -0.15) is 0 Å². The summed E-state index contributed by atoms with van der Waals surface area (Å²) in [7, 11) is 0. The van der Waals surface area contributed by atoms with Crippen LogP contribution in [-0.2, 0) is 6.42 Å². The van der Waals surface area contributed by atoms with E-state index >= 15 is 0 Å². The lowest BCUT2D eigenvalue weighted by molar-refractivity contribution is 0.519. The summed E-state index contributed by atoms with van der Waals surface area (Å²) in [4.78, 5) is 8.50. The SMILES string of the molecule is Cc1cnc(C(Cc2cc(F)ccc2C)NN)nc1. The van der Waals surface area contributed by atoms with Gasteiger partial charge in [-0.25, -0.2) is 19.8 Å². The summed E-state index contributed by atoms with van der Waals surface area (Å²) in [6.45, 7) is 3.86. The second-order valence-electron chi connectivity index (χ2n) is 4.61. The van der Waals surface area contributed by atoms with Gasteiger partial charge < -0.3 is 0 Å². The second-order valence-corrected chi connectivity index (χ2v) is 4.61. The average molecular weight is 260 g/mol. The van der Waals surface area contributed by atoms with Crippen LogP contribution in [0.1, 0.15) is 28.6 Å². The van der Waals surface area contributed by atoms with E-state index in [-0.39, 0.29) is 11.9 Å². The van der Waals surface area contributed by atoms with E-state index in [9.17, 15) is 4.39 Å². The maximum Gasteiger partial charge on any atom is 0.146 e. The standard InChI is InChI=1S/C14H17FN4/c1-9-7-17-14(18-8-9)13(19-16)6-11-5-12(15)4-3-10(11)2/h3-5,7-8,13,19H,6,16H2,1-2H3. The highest BCUT2D eigenvalue weighted by Gasteiger charge is 2.15. The Labute approximate surface area is 111 Å². The van der Waals surface area contributed by atoms with E-state index < -0.39 is 0 Å². The van der Waals surface area contributed by atoms with Gasteiger partial charge in [-0.15, -0.1) is 0 Å². The molecule has 100 valence electrons. The Morgan fingerprint density at radius 1 is 1.26 bits per heavy atom. The average Bonchev–Trinajstić information content (AvgIpc) is 2.41. The number of aryl methyl sites for hydroxylation is 2. The summed E-state index contributed by atoms with van der Waals surface area (Å²) < 4.78 is 13.3. The van der Waals surface area contributed by atoms with Gasteiger partial charge in [-0.05, 0) is 49.1 Å². The fraction of sp³-hybridized carbons (Fsp3) is 0.286. The molecule has 2 rings (SSSR count). The molecule has 0 aliphatic heterocycles. The summed E-state index contributed by atoms with van der Waals surface area (Å²) >= 11 is 0. The van der Waals surface area contributed by atoms with Crippen LogP contribution in [0.15, 0.2) is 30.6 Å². The van der Waals surface area contributed by atoms with Crippen LogP contribution in [0.2, 0.25) is 0 Å². The lowest BCUT2D eigenvalue weighted by Crippen LogP contribution is -2.31. The molecule has 5 heteroatoms. The molecule has 1 unspecified atom stereocenters. The van der Waals surface area contributed by atoms with Crippen LogP contribution in [0.5, 0.6) is 0 Å². The molecule has 1 atom stereocenters. The molecule has 0 amide bonds. The Morgan fingerprint density at radius 2 is 1.95 bits per heavy atom. The highest BCUT2D eigenvalue weighted by atomic mass is 19.1. The summed E-state index contributed by atoms with van der Waals surface area (Å²) in [6, 6.07) is 4.50. The van der Waals surface area contributed by atoms with E-state index in [1.54, 1.807) is 18.5 Å². The molecule has 4 nitrogen and oxygen atoms in total. The molecule has 0 aliphatic carbocycles. The zero-order chi connectivity index (χ0) is 13.8. The zero-order valence-corrected chi connectivity index (χ0v) is 11.0. The molecule has 2 aromatic rings. The number of halogens is 1. The Balaban J connectivity index is 2.23. The van der Waals surface area contributed by atoms with Gasteiger partial charge in [0.15, 0.2) is 0 Å². The molecule has 0 bridgehead atoms. The largest absolute Gasteiger partial charge is 0.271 e. The van der Waals surface area contributed by atoms with Crippen molar-refractivity contribution in [2.45, 2.75) is 26.3 Å². The number of hydrazine groups is 1. The van der Waals surface area contributed by atoms with Gasteiger partial charge >= 0.3 is 0 Å². The highest BCUT2D eigenvalue weighted by Crippen LogP contribution is 2.18.